The molecule has 0 radical (unpaired) electrons. The van der Waals surface area contributed by atoms with Crippen LogP contribution in [0.2, 0.25) is 0 Å². The summed E-state index contributed by atoms with van der Waals surface area (Å²) in [5.41, 5.74) is 3.88. The third kappa shape index (κ3) is 3.05. The van der Waals surface area contributed by atoms with E-state index in [2.05, 4.69) is 19.7 Å². The minimum atomic E-state index is -1.59. The summed E-state index contributed by atoms with van der Waals surface area (Å²) in [6.07, 6.45) is 11.0. The molecular formula is C21H21BO2. The molecule has 0 aliphatic heterocycles. The van der Waals surface area contributed by atoms with E-state index >= 15 is 0 Å². The molecule has 0 saturated heterocycles. The van der Waals surface area contributed by atoms with Crippen molar-refractivity contribution < 1.29 is 10.0 Å². The summed E-state index contributed by atoms with van der Waals surface area (Å²) in [6.45, 7) is 13.5. The Morgan fingerprint density at radius 1 is 1.00 bits per heavy atom. The molecule has 0 heterocycles. The summed E-state index contributed by atoms with van der Waals surface area (Å²) in [5.74, 6) is 0. The average Bonchev–Trinajstić information content (AvgIpc) is 2.59. The fraction of sp³-hybridized carbons (Fsp3) is 0.0476. The van der Waals surface area contributed by atoms with E-state index in [4.69, 9.17) is 0 Å². The van der Waals surface area contributed by atoms with E-state index in [-0.39, 0.29) is 0 Å². The summed E-state index contributed by atoms with van der Waals surface area (Å²) in [6, 6.07) is 7.66. The van der Waals surface area contributed by atoms with Crippen molar-refractivity contribution in [1.82, 2.24) is 0 Å². The molecule has 0 aliphatic rings. The Morgan fingerprint density at radius 3 is 2.12 bits per heavy atom. The molecule has 0 bridgehead atoms. The predicted molar refractivity (Wildman–Crippen MR) is 107 cm³/mol. The molecule has 0 spiro atoms. The molecule has 3 heteroatoms. The van der Waals surface area contributed by atoms with Crippen molar-refractivity contribution in [1.29, 1.82) is 0 Å². The largest absolute Gasteiger partial charge is 0.489 e. The Bertz CT molecular complexity index is 858. The lowest BCUT2D eigenvalue weighted by Gasteiger charge is -2.19. The molecule has 2 rings (SSSR count). The average molecular weight is 316 g/mol. The maximum atomic E-state index is 9.92. The topological polar surface area (TPSA) is 40.5 Å². The number of hydrogen-bond donors (Lipinski definition) is 2. The number of rotatable bonds is 6. The van der Waals surface area contributed by atoms with Gasteiger partial charge in [-0.25, -0.2) is 0 Å². The Labute approximate surface area is 143 Å². The molecule has 0 aromatic heterocycles. The van der Waals surface area contributed by atoms with E-state index in [1.54, 1.807) is 18.2 Å². The van der Waals surface area contributed by atoms with Crippen LogP contribution in [0.1, 0.15) is 23.6 Å². The Hall–Kier alpha value is -2.62. The Balaban J connectivity index is 3.12. The van der Waals surface area contributed by atoms with E-state index in [0.717, 1.165) is 27.5 Å². The fourth-order valence-corrected chi connectivity index (χ4v) is 3.06. The van der Waals surface area contributed by atoms with Gasteiger partial charge in [-0.05, 0) is 45.4 Å². The highest BCUT2D eigenvalue weighted by molar-refractivity contribution is 6.63. The van der Waals surface area contributed by atoms with Gasteiger partial charge >= 0.3 is 7.12 Å². The van der Waals surface area contributed by atoms with Crippen molar-refractivity contribution in [3.8, 4) is 0 Å². The Morgan fingerprint density at radius 2 is 1.62 bits per heavy atom. The molecule has 2 aromatic carbocycles. The van der Waals surface area contributed by atoms with Crippen molar-refractivity contribution in [3.63, 3.8) is 0 Å². The van der Waals surface area contributed by atoms with Crippen LogP contribution in [0.5, 0.6) is 0 Å². The van der Waals surface area contributed by atoms with Gasteiger partial charge in [0.15, 0.2) is 0 Å². The van der Waals surface area contributed by atoms with Crippen LogP contribution < -0.4 is 5.46 Å². The van der Waals surface area contributed by atoms with Gasteiger partial charge in [-0.3, -0.25) is 0 Å². The van der Waals surface area contributed by atoms with Gasteiger partial charge in [-0.2, -0.15) is 0 Å². The second kappa shape index (κ2) is 7.78. The van der Waals surface area contributed by atoms with Crippen molar-refractivity contribution in [2.45, 2.75) is 6.92 Å². The van der Waals surface area contributed by atoms with E-state index in [0.29, 0.717) is 11.0 Å². The van der Waals surface area contributed by atoms with E-state index in [1.165, 1.54) is 0 Å². The van der Waals surface area contributed by atoms with Gasteiger partial charge in [0.25, 0.3) is 0 Å². The first kappa shape index (κ1) is 17.7. The SMILES string of the molecule is C=C/C=C(\C=C/C)c1c(C=C)c(C=C)c(B(O)O)c2ccccc12. The zero-order chi connectivity index (χ0) is 17.7. The van der Waals surface area contributed by atoms with Gasteiger partial charge in [-0.15, -0.1) is 0 Å². The zero-order valence-corrected chi connectivity index (χ0v) is 13.9. The number of hydrogen-bond acceptors (Lipinski definition) is 2. The normalized spacial score (nSPS) is 11.7. The lowest BCUT2D eigenvalue weighted by molar-refractivity contribution is 0.426. The van der Waals surface area contributed by atoms with Crippen LogP contribution in [-0.2, 0) is 0 Å². The van der Waals surface area contributed by atoms with Crippen molar-refractivity contribution in [2.75, 3.05) is 0 Å². The molecule has 0 saturated carbocycles. The van der Waals surface area contributed by atoms with Crippen LogP contribution in [0, 0.1) is 0 Å². The summed E-state index contributed by atoms with van der Waals surface area (Å²) in [7, 11) is -1.59. The first-order valence-electron chi connectivity index (χ1n) is 7.76. The molecule has 24 heavy (non-hydrogen) atoms. The molecule has 0 amide bonds. The van der Waals surface area contributed by atoms with Crippen molar-refractivity contribution in [3.05, 3.63) is 85.0 Å². The summed E-state index contributed by atoms with van der Waals surface area (Å²) in [4.78, 5) is 0. The molecular weight excluding hydrogens is 295 g/mol. The van der Waals surface area contributed by atoms with Gasteiger partial charge in [0.05, 0.1) is 0 Å². The van der Waals surface area contributed by atoms with Crippen LogP contribution in [0.3, 0.4) is 0 Å². The second-order valence-electron chi connectivity index (χ2n) is 5.30. The summed E-state index contributed by atoms with van der Waals surface area (Å²) >= 11 is 0. The van der Waals surface area contributed by atoms with E-state index in [1.807, 2.05) is 49.4 Å². The fourth-order valence-electron chi connectivity index (χ4n) is 3.06. The van der Waals surface area contributed by atoms with Gasteiger partial charge in [0, 0.05) is 0 Å². The van der Waals surface area contributed by atoms with Crippen LogP contribution >= 0.6 is 0 Å². The molecule has 2 N–H and O–H groups in total. The summed E-state index contributed by atoms with van der Waals surface area (Å²) in [5, 5.41) is 21.5. The van der Waals surface area contributed by atoms with Crippen LogP contribution in [0.15, 0.2) is 68.3 Å². The van der Waals surface area contributed by atoms with E-state index < -0.39 is 7.12 Å². The number of allylic oxidation sites excluding steroid dienone is 5. The smallest absolute Gasteiger partial charge is 0.423 e. The monoisotopic (exact) mass is 316 g/mol. The van der Waals surface area contributed by atoms with Crippen LogP contribution in [0.25, 0.3) is 28.5 Å². The second-order valence-corrected chi connectivity index (χ2v) is 5.30. The molecule has 120 valence electrons. The van der Waals surface area contributed by atoms with Gasteiger partial charge < -0.3 is 10.0 Å². The van der Waals surface area contributed by atoms with Gasteiger partial charge in [-0.1, -0.05) is 80.5 Å². The number of fused-ring (bicyclic) bond motifs is 1. The van der Waals surface area contributed by atoms with E-state index in [9.17, 15) is 10.0 Å². The standard InChI is InChI=1S/C21H21BO2/c1-5-11-15(12-6-2)20-16(7-3)17(8-4)21(22(23)24)19-14-10-9-13-18(19)20/h5-14,23-24H,1,3-4H2,2H3/b12-6-,15-11+. The van der Waals surface area contributed by atoms with Crippen LogP contribution in [-0.4, -0.2) is 17.2 Å². The molecule has 2 nitrogen and oxygen atoms in total. The third-order valence-electron chi connectivity index (χ3n) is 3.94. The Kier molecular flexibility index (Phi) is 5.75. The first-order chi connectivity index (χ1) is 11.6. The molecule has 0 atom stereocenters. The van der Waals surface area contributed by atoms with Gasteiger partial charge in [0.1, 0.15) is 0 Å². The number of benzene rings is 2. The highest BCUT2D eigenvalue weighted by Gasteiger charge is 2.24. The maximum Gasteiger partial charge on any atom is 0.489 e. The highest BCUT2D eigenvalue weighted by atomic mass is 16.4. The molecule has 0 unspecified atom stereocenters. The highest BCUT2D eigenvalue weighted by Crippen LogP contribution is 2.33. The van der Waals surface area contributed by atoms with Crippen molar-refractivity contribution >= 4 is 41.1 Å². The lowest BCUT2D eigenvalue weighted by Crippen LogP contribution is -2.34. The molecule has 2 aromatic rings. The quantitative estimate of drug-likeness (QED) is 0.626. The maximum absolute atomic E-state index is 9.92. The molecule has 0 fully saturated rings. The van der Waals surface area contributed by atoms with Crippen molar-refractivity contribution in [2.24, 2.45) is 0 Å². The summed E-state index contributed by atoms with van der Waals surface area (Å²) < 4.78 is 0. The first-order valence-corrected chi connectivity index (χ1v) is 7.76. The minimum absolute atomic E-state index is 0.442. The third-order valence-corrected chi connectivity index (χ3v) is 3.94. The lowest BCUT2D eigenvalue weighted by atomic mass is 9.70. The van der Waals surface area contributed by atoms with Gasteiger partial charge in [0.2, 0.25) is 0 Å². The molecule has 0 aliphatic carbocycles. The minimum Gasteiger partial charge on any atom is -0.423 e. The predicted octanol–water partition coefficient (Wildman–Crippen LogP) is 3.95. The van der Waals surface area contributed by atoms with Crippen LogP contribution in [0.4, 0.5) is 0 Å². The zero-order valence-electron chi connectivity index (χ0n) is 13.9.